The molecule has 46 heavy (non-hydrogen) atoms. The van der Waals surface area contributed by atoms with Crippen LogP contribution in [0.1, 0.15) is 32.6 Å². The molecule has 3 aromatic rings. The van der Waals surface area contributed by atoms with E-state index in [1.54, 1.807) is 24.3 Å². The van der Waals surface area contributed by atoms with Gasteiger partial charge in [0.15, 0.2) is 24.5 Å². The van der Waals surface area contributed by atoms with Gasteiger partial charge in [0, 0.05) is 31.9 Å². The van der Waals surface area contributed by atoms with Crippen molar-refractivity contribution in [1.29, 1.82) is 0 Å². The predicted octanol–water partition coefficient (Wildman–Crippen LogP) is 2.02. The van der Waals surface area contributed by atoms with E-state index in [1.165, 1.54) is 30.5 Å². The Morgan fingerprint density at radius 1 is 0.957 bits per heavy atom. The van der Waals surface area contributed by atoms with Crippen molar-refractivity contribution < 1.29 is 59.9 Å². The second kappa shape index (κ2) is 13.3. The van der Waals surface area contributed by atoms with E-state index in [9.17, 15) is 27.4 Å². The number of rotatable bonds is 9. The molecule has 2 aromatic carbocycles. The lowest BCUT2D eigenvalue weighted by Gasteiger charge is -2.44. The summed E-state index contributed by atoms with van der Waals surface area (Å²) in [7, 11) is -8.14. The highest BCUT2D eigenvalue weighted by Gasteiger charge is 2.53. The molecular formula is C27H29N4O13PS. The number of esters is 3. The number of phosphoric ester groups is 1. The molecule has 0 spiro atoms. The summed E-state index contributed by atoms with van der Waals surface area (Å²) < 4.78 is 77.0. The molecule has 0 radical (unpaired) electrons. The van der Waals surface area contributed by atoms with Crippen molar-refractivity contribution in [2.45, 2.75) is 62.9 Å². The molecule has 5 rings (SSSR count). The van der Waals surface area contributed by atoms with E-state index in [-0.39, 0.29) is 22.9 Å². The zero-order chi connectivity index (χ0) is 33.2. The molecular weight excluding hydrogens is 651 g/mol. The van der Waals surface area contributed by atoms with Crippen LogP contribution in [-0.4, -0.2) is 72.3 Å². The number of primary sulfonamides is 1. The van der Waals surface area contributed by atoms with Gasteiger partial charge in [-0.2, -0.15) is 0 Å². The highest BCUT2D eigenvalue weighted by atomic mass is 32.2. The van der Waals surface area contributed by atoms with Gasteiger partial charge in [-0.15, -0.1) is 5.10 Å². The molecule has 17 nitrogen and oxygen atoms in total. The third-order valence-corrected chi connectivity index (χ3v) is 8.98. The van der Waals surface area contributed by atoms with Crippen LogP contribution in [0.5, 0.6) is 5.75 Å². The number of sulfonamides is 1. The van der Waals surface area contributed by atoms with Crippen molar-refractivity contribution in [3.63, 3.8) is 0 Å². The van der Waals surface area contributed by atoms with E-state index < -0.39 is 73.0 Å². The Labute approximate surface area is 262 Å². The van der Waals surface area contributed by atoms with Crippen LogP contribution in [0.4, 0.5) is 0 Å². The van der Waals surface area contributed by atoms with Crippen molar-refractivity contribution in [2.75, 3.05) is 6.61 Å². The zero-order valence-electron chi connectivity index (χ0n) is 24.6. The van der Waals surface area contributed by atoms with Crippen molar-refractivity contribution >= 4 is 35.8 Å². The number of ether oxygens (including phenoxy) is 4. The molecule has 1 unspecified atom stereocenters. The Bertz CT molecular complexity index is 1780. The SMILES string of the molecule is CC(=O)O[C@@H]1[C@@H](OC(C)=O)[C@H](n2cc(-c3ccc(S(N)(=O)=O)cc3)nn2)O[C@H](COP2(=O)OCc3ccccc3O2)[C@H]1OC(C)=O. The molecule has 0 aliphatic carbocycles. The first-order valence-electron chi connectivity index (χ1n) is 13.6. The number of carbonyl (C=O) groups is 3. The molecule has 0 saturated carbocycles. The van der Waals surface area contributed by atoms with Crippen LogP contribution in [0.3, 0.4) is 0 Å². The van der Waals surface area contributed by atoms with Gasteiger partial charge in [-0.3, -0.25) is 23.4 Å². The minimum Gasteiger partial charge on any atom is -0.456 e. The average molecular weight is 681 g/mol. The van der Waals surface area contributed by atoms with Gasteiger partial charge >= 0.3 is 25.7 Å². The summed E-state index contributed by atoms with van der Waals surface area (Å²) in [6.45, 7) is 2.67. The molecule has 2 aliphatic heterocycles. The molecule has 0 amide bonds. The summed E-state index contributed by atoms with van der Waals surface area (Å²) in [5, 5.41) is 13.4. The summed E-state index contributed by atoms with van der Waals surface area (Å²) in [6.07, 6.45) is -5.62. The number of carbonyl (C=O) groups excluding carboxylic acids is 3. The van der Waals surface area contributed by atoms with Gasteiger partial charge in [0.05, 0.1) is 24.3 Å². The van der Waals surface area contributed by atoms with Gasteiger partial charge in [0.2, 0.25) is 10.0 Å². The minimum atomic E-state index is -4.20. The topological polar surface area (TPSA) is 224 Å². The first-order valence-corrected chi connectivity index (χ1v) is 16.6. The highest BCUT2D eigenvalue weighted by Crippen LogP contribution is 2.54. The minimum absolute atomic E-state index is 0.0699. The largest absolute Gasteiger partial charge is 0.530 e. The first kappa shape index (κ1) is 33.2. The second-order valence-electron chi connectivity index (χ2n) is 10.2. The number of phosphoric acid groups is 1. The fourth-order valence-corrected chi connectivity index (χ4v) is 6.54. The predicted molar refractivity (Wildman–Crippen MR) is 153 cm³/mol. The normalized spacial score (nSPS) is 25.9. The maximum atomic E-state index is 13.4. The summed E-state index contributed by atoms with van der Waals surface area (Å²) in [6, 6.07) is 12.2. The van der Waals surface area contributed by atoms with Crippen LogP contribution < -0.4 is 9.66 Å². The molecule has 1 fully saturated rings. The highest BCUT2D eigenvalue weighted by molar-refractivity contribution is 7.89. The fraction of sp³-hybridized carbons (Fsp3) is 0.370. The number of hydrogen-bond donors (Lipinski definition) is 1. The summed E-state index contributed by atoms with van der Waals surface area (Å²) >= 11 is 0. The zero-order valence-corrected chi connectivity index (χ0v) is 26.3. The first-order chi connectivity index (χ1) is 21.7. The van der Waals surface area contributed by atoms with Gasteiger partial charge in [-0.05, 0) is 18.2 Å². The Morgan fingerprint density at radius 3 is 2.24 bits per heavy atom. The van der Waals surface area contributed by atoms with Crippen molar-refractivity contribution in [1.82, 2.24) is 15.0 Å². The Hall–Kier alpha value is -4.19. The second-order valence-corrected chi connectivity index (χ2v) is 13.3. The van der Waals surface area contributed by atoms with Gasteiger partial charge in [0.1, 0.15) is 17.5 Å². The molecule has 6 atom stereocenters. The number of fused-ring (bicyclic) bond motifs is 1. The van der Waals surface area contributed by atoms with Crippen LogP contribution >= 0.6 is 7.82 Å². The number of nitrogens with zero attached hydrogens (tertiary/aromatic N) is 3. The van der Waals surface area contributed by atoms with Crippen molar-refractivity contribution in [3.05, 3.63) is 60.3 Å². The molecule has 2 N–H and O–H groups in total. The third kappa shape index (κ3) is 7.60. The lowest BCUT2D eigenvalue weighted by molar-refractivity contribution is -0.269. The molecule has 19 heteroatoms. The summed E-state index contributed by atoms with van der Waals surface area (Å²) in [5.74, 6) is -2.11. The van der Waals surface area contributed by atoms with Crippen LogP contribution in [-0.2, 0) is 63.6 Å². The van der Waals surface area contributed by atoms with Crippen LogP contribution in [0.15, 0.2) is 59.6 Å². The Morgan fingerprint density at radius 2 is 1.59 bits per heavy atom. The molecule has 1 saturated heterocycles. The maximum Gasteiger partial charge on any atom is 0.530 e. The van der Waals surface area contributed by atoms with E-state index >= 15 is 0 Å². The third-order valence-electron chi connectivity index (χ3n) is 6.72. The van der Waals surface area contributed by atoms with E-state index in [0.29, 0.717) is 11.1 Å². The van der Waals surface area contributed by atoms with Gasteiger partial charge in [-0.1, -0.05) is 35.5 Å². The van der Waals surface area contributed by atoms with Gasteiger partial charge in [0.25, 0.3) is 0 Å². The van der Waals surface area contributed by atoms with Crippen LogP contribution in [0, 0.1) is 0 Å². The lowest BCUT2D eigenvalue weighted by atomic mass is 9.97. The average Bonchev–Trinajstić information content (AvgIpc) is 3.47. The number of benzene rings is 2. The van der Waals surface area contributed by atoms with Gasteiger partial charge in [-0.25, -0.2) is 22.8 Å². The fourth-order valence-electron chi connectivity index (χ4n) is 4.80. The molecule has 0 bridgehead atoms. The quantitative estimate of drug-likeness (QED) is 0.194. The standard InChI is InChI=1S/C27H29N4O13PS/c1-15(32)40-24-23(14-39-45(35)38-13-19-6-4-5-7-22(19)44-45)43-27(26(42-17(3)34)25(24)41-16(2)33)31-12-21(29-30-31)18-8-10-20(11-9-18)46(28,36)37/h4-12,23-27H,13-14H2,1-3H3,(H2,28,36,37)/t23-,24-,25+,26-,27-,45?/m1/s1. The van der Waals surface area contributed by atoms with Crippen LogP contribution in [0.25, 0.3) is 11.3 Å². The monoisotopic (exact) mass is 680 g/mol. The Balaban J connectivity index is 1.48. The molecule has 2 aliphatic rings. The van der Waals surface area contributed by atoms with E-state index in [1.807, 2.05) is 0 Å². The van der Waals surface area contributed by atoms with Crippen LogP contribution in [0.2, 0.25) is 0 Å². The summed E-state index contributed by atoms with van der Waals surface area (Å²) in [4.78, 5) is 36.5. The van der Waals surface area contributed by atoms with E-state index in [4.69, 9.17) is 37.7 Å². The molecule has 3 heterocycles. The summed E-state index contributed by atoms with van der Waals surface area (Å²) in [5.41, 5.74) is 1.33. The molecule has 246 valence electrons. The van der Waals surface area contributed by atoms with Gasteiger partial charge < -0.3 is 23.5 Å². The number of hydrogen-bond acceptors (Lipinski definition) is 15. The smallest absolute Gasteiger partial charge is 0.456 e. The number of nitrogens with two attached hydrogens (primary N) is 1. The number of para-hydroxylation sites is 1. The van der Waals surface area contributed by atoms with E-state index in [2.05, 4.69) is 10.3 Å². The van der Waals surface area contributed by atoms with Crippen molar-refractivity contribution in [2.24, 2.45) is 5.14 Å². The number of aromatic nitrogens is 3. The van der Waals surface area contributed by atoms with E-state index in [0.717, 1.165) is 25.5 Å². The Kier molecular flexibility index (Phi) is 9.57. The molecule has 1 aromatic heterocycles. The lowest BCUT2D eigenvalue weighted by Crippen LogP contribution is -2.60. The maximum absolute atomic E-state index is 13.4. The van der Waals surface area contributed by atoms with Crippen molar-refractivity contribution in [3.8, 4) is 17.0 Å².